The second kappa shape index (κ2) is 7.63. The smallest absolute Gasteiger partial charge is 0.349 e. The topological polar surface area (TPSA) is 85.8 Å². The number of nitrogens with zero attached hydrogens (tertiary/aromatic N) is 2. The van der Waals surface area contributed by atoms with Crippen molar-refractivity contribution in [1.82, 2.24) is 4.98 Å². The van der Waals surface area contributed by atoms with Crippen LogP contribution in [0.15, 0.2) is 35.4 Å². The van der Waals surface area contributed by atoms with E-state index < -0.39 is 9.84 Å². The molecule has 1 aliphatic heterocycles. The standard InChI is InChI=1S/C17H20N2O5S2/c1-23-16(20)14-11-18-17(25-14)19-9-7-12(8-10-19)24-13-5-3-4-6-15(13)26(2,21)22/h3-6,11-12H,7-10H2,1-2H3. The Morgan fingerprint density at radius 3 is 2.62 bits per heavy atom. The molecule has 0 unspecified atom stereocenters. The molecule has 1 aliphatic rings. The van der Waals surface area contributed by atoms with Crippen LogP contribution >= 0.6 is 11.3 Å². The van der Waals surface area contributed by atoms with Crippen LogP contribution in [-0.2, 0) is 14.6 Å². The zero-order valence-electron chi connectivity index (χ0n) is 14.5. The fourth-order valence-corrected chi connectivity index (χ4v) is 4.50. The Labute approximate surface area is 156 Å². The Morgan fingerprint density at radius 1 is 1.27 bits per heavy atom. The molecule has 2 aromatic rings. The molecule has 1 saturated heterocycles. The first kappa shape index (κ1) is 18.7. The van der Waals surface area contributed by atoms with Gasteiger partial charge >= 0.3 is 5.97 Å². The van der Waals surface area contributed by atoms with Crippen molar-refractivity contribution in [3.05, 3.63) is 35.3 Å². The normalized spacial score (nSPS) is 15.7. The number of aromatic nitrogens is 1. The fourth-order valence-electron chi connectivity index (χ4n) is 2.80. The minimum atomic E-state index is -3.33. The van der Waals surface area contributed by atoms with Crippen molar-refractivity contribution in [3.63, 3.8) is 0 Å². The molecule has 1 aromatic carbocycles. The van der Waals surface area contributed by atoms with Crippen LogP contribution in [-0.4, -0.2) is 51.9 Å². The van der Waals surface area contributed by atoms with E-state index in [2.05, 4.69) is 9.88 Å². The highest BCUT2D eigenvalue weighted by Crippen LogP contribution is 2.29. The Balaban J connectivity index is 1.63. The van der Waals surface area contributed by atoms with Crippen molar-refractivity contribution in [2.45, 2.75) is 23.8 Å². The van der Waals surface area contributed by atoms with Gasteiger partial charge < -0.3 is 14.4 Å². The van der Waals surface area contributed by atoms with Crippen molar-refractivity contribution >= 4 is 32.3 Å². The van der Waals surface area contributed by atoms with E-state index >= 15 is 0 Å². The lowest BCUT2D eigenvalue weighted by atomic mass is 10.1. The number of hydrogen-bond acceptors (Lipinski definition) is 8. The molecule has 26 heavy (non-hydrogen) atoms. The Kier molecular flexibility index (Phi) is 5.47. The molecule has 0 amide bonds. The predicted molar refractivity (Wildman–Crippen MR) is 98.9 cm³/mol. The summed E-state index contributed by atoms with van der Waals surface area (Å²) in [7, 11) is -1.99. The first-order valence-corrected chi connectivity index (χ1v) is 10.8. The highest BCUT2D eigenvalue weighted by atomic mass is 32.2. The third-order valence-corrected chi connectivity index (χ3v) is 6.31. The largest absolute Gasteiger partial charge is 0.489 e. The van der Waals surface area contributed by atoms with E-state index in [1.165, 1.54) is 30.9 Å². The number of para-hydroxylation sites is 1. The summed E-state index contributed by atoms with van der Waals surface area (Å²) in [5.41, 5.74) is 0. The van der Waals surface area contributed by atoms with Crippen LogP contribution in [0.1, 0.15) is 22.5 Å². The Hall–Kier alpha value is -2.13. The molecule has 0 saturated carbocycles. The molecule has 0 N–H and O–H groups in total. The molecule has 1 fully saturated rings. The minimum Gasteiger partial charge on any atom is -0.489 e. The molecule has 0 spiro atoms. The average Bonchev–Trinajstić information content (AvgIpc) is 3.11. The van der Waals surface area contributed by atoms with E-state index in [4.69, 9.17) is 9.47 Å². The number of carbonyl (C=O) groups is 1. The molecule has 0 radical (unpaired) electrons. The molecule has 0 aliphatic carbocycles. The van der Waals surface area contributed by atoms with E-state index in [-0.39, 0.29) is 17.0 Å². The Bertz CT molecular complexity index is 886. The lowest BCUT2D eigenvalue weighted by molar-refractivity contribution is 0.0606. The van der Waals surface area contributed by atoms with Crippen LogP contribution < -0.4 is 9.64 Å². The lowest BCUT2D eigenvalue weighted by Gasteiger charge is -2.32. The SMILES string of the molecule is COC(=O)c1cnc(N2CCC(Oc3ccccc3S(C)(=O)=O)CC2)s1. The van der Waals surface area contributed by atoms with Gasteiger partial charge in [0.1, 0.15) is 21.6 Å². The highest BCUT2D eigenvalue weighted by molar-refractivity contribution is 7.90. The Morgan fingerprint density at radius 2 is 1.96 bits per heavy atom. The third kappa shape index (κ3) is 4.16. The number of benzene rings is 1. The van der Waals surface area contributed by atoms with Gasteiger partial charge in [-0.25, -0.2) is 18.2 Å². The first-order chi connectivity index (χ1) is 12.4. The molecular weight excluding hydrogens is 376 g/mol. The molecule has 0 bridgehead atoms. The maximum Gasteiger partial charge on any atom is 0.349 e. The summed E-state index contributed by atoms with van der Waals surface area (Å²) in [6, 6.07) is 6.70. The van der Waals surface area contributed by atoms with Gasteiger partial charge in [-0.15, -0.1) is 0 Å². The van der Waals surface area contributed by atoms with E-state index in [1.807, 2.05) is 0 Å². The molecule has 0 atom stereocenters. The summed E-state index contributed by atoms with van der Waals surface area (Å²) in [6.07, 6.45) is 4.13. The zero-order chi connectivity index (χ0) is 18.7. The van der Waals surface area contributed by atoms with E-state index in [1.54, 1.807) is 24.3 Å². The second-order valence-electron chi connectivity index (χ2n) is 6.02. The maximum atomic E-state index is 11.9. The molecule has 9 heteroatoms. The number of hydrogen-bond donors (Lipinski definition) is 0. The van der Waals surface area contributed by atoms with Crippen LogP contribution in [0.25, 0.3) is 0 Å². The van der Waals surface area contributed by atoms with Crippen LogP contribution in [0.3, 0.4) is 0 Å². The number of esters is 1. The summed E-state index contributed by atoms with van der Waals surface area (Å²) in [4.78, 5) is 18.6. The molecule has 3 rings (SSSR count). The van der Waals surface area contributed by atoms with E-state index in [0.717, 1.165) is 31.1 Å². The van der Waals surface area contributed by atoms with Crippen molar-refractivity contribution in [2.24, 2.45) is 0 Å². The average molecular weight is 396 g/mol. The molecule has 140 valence electrons. The zero-order valence-corrected chi connectivity index (χ0v) is 16.2. The monoisotopic (exact) mass is 396 g/mol. The summed E-state index contributed by atoms with van der Waals surface area (Å²) in [5.74, 6) is 0.0139. The summed E-state index contributed by atoms with van der Waals surface area (Å²) < 4.78 is 34.4. The number of ether oxygens (including phenoxy) is 2. The molecular formula is C17H20N2O5S2. The number of carbonyl (C=O) groups excluding carboxylic acids is 1. The quantitative estimate of drug-likeness (QED) is 0.717. The molecule has 2 heterocycles. The van der Waals surface area contributed by atoms with Crippen LogP contribution in [0.4, 0.5) is 5.13 Å². The lowest BCUT2D eigenvalue weighted by Crippen LogP contribution is -2.38. The van der Waals surface area contributed by atoms with Gasteiger partial charge in [-0.05, 0) is 12.1 Å². The molecule has 7 nitrogen and oxygen atoms in total. The fraction of sp³-hybridized carbons (Fsp3) is 0.412. The highest BCUT2D eigenvalue weighted by Gasteiger charge is 2.25. The minimum absolute atomic E-state index is 0.0609. The van der Waals surface area contributed by atoms with E-state index in [9.17, 15) is 13.2 Å². The second-order valence-corrected chi connectivity index (χ2v) is 9.02. The number of thiazole rings is 1. The van der Waals surface area contributed by atoms with Gasteiger partial charge in [0.05, 0.1) is 13.3 Å². The van der Waals surface area contributed by atoms with Crippen molar-refractivity contribution in [2.75, 3.05) is 31.4 Å². The van der Waals surface area contributed by atoms with Gasteiger partial charge in [0.25, 0.3) is 0 Å². The summed E-state index contributed by atoms with van der Waals surface area (Å²) in [5, 5.41) is 0.778. The maximum absolute atomic E-state index is 11.9. The van der Waals surface area contributed by atoms with Gasteiger partial charge in [-0.3, -0.25) is 0 Å². The summed E-state index contributed by atoms with van der Waals surface area (Å²) >= 11 is 1.30. The van der Waals surface area contributed by atoms with Gasteiger partial charge in [0.15, 0.2) is 15.0 Å². The molecule has 1 aromatic heterocycles. The third-order valence-electron chi connectivity index (χ3n) is 4.13. The van der Waals surface area contributed by atoms with Crippen LogP contribution in [0, 0.1) is 0 Å². The van der Waals surface area contributed by atoms with Gasteiger partial charge in [0, 0.05) is 32.2 Å². The first-order valence-electron chi connectivity index (χ1n) is 8.13. The van der Waals surface area contributed by atoms with Gasteiger partial charge in [-0.2, -0.15) is 0 Å². The van der Waals surface area contributed by atoms with Crippen molar-refractivity contribution in [3.8, 4) is 5.75 Å². The van der Waals surface area contributed by atoms with Gasteiger partial charge in [0.2, 0.25) is 0 Å². The van der Waals surface area contributed by atoms with E-state index in [0.29, 0.717) is 10.6 Å². The number of methoxy groups -OCH3 is 1. The van der Waals surface area contributed by atoms with Crippen LogP contribution in [0.5, 0.6) is 5.75 Å². The summed E-state index contributed by atoms with van der Waals surface area (Å²) in [6.45, 7) is 1.44. The predicted octanol–water partition coefficient (Wildman–Crippen LogP) is 2.38. The number of rotatable bonds is 5. The van der Waals surface area contributed by atoms with Crippen molar-refractivity contribution < 1.29 is 22.7 Å². The number of anilines is 1. The van der Waals surface area contributed by atoms with Gasteiger partial charge in [-0.1, -0.05) is 23.5 Å². The number of sulfone groups is 1. The van der Waals surface area contributed by atoms with Crippen molar-refractivity contribution in [1.29, 1.82) is 0 Å². The number of piperidine rings is 1. The van der Waals surface area contributed by atoms with Crippen LogP contribution in [0.2, 0.25) is 0 Å².